The minimum Gasteiger partial charge on any atom is -0.370 e. The predicted octanol–water partition coefficient (Wildman–Crippen LogP) is 3.00. The van der Waals surface area contributed by atoms with E-state index >= 15 is 0 Å². The number of methoxy groups -OCH3 is 1. The van der Waals surface area contributed by atoms with Crippen molar-refractivity contribution < 1.29 is 4.74 Å². The third-order valence-electron chi connectivity index (χ3n) is 4.31. The van der Waals surface area contributed by atoms with Gasteiger partial charge in [0.2, 0.25) is 0 Å². The van der Waals surface area contributed by atoms with Gasteiger partial charge in [-0.05, 0) is 25.7 Å². The molecule has 20 heavy (non-hydrogen) atoms. The molecule has 0 unspecified atom stereocenters. The van der Waals surface area contributed by atoms with Gasteiger partial charge in [-0.15, -0.1) is 0 Å². The molecule has 5 heteroatoms. The third kappa shape index (κ3) is 2.65. The van der Waals surface area contributed by atoms with Crippen molar-refractivity contribution in [2.24, 2.45) is 5.84 Å². The van der Waals surface area contributed by atoms with E-state index in [0.717, 1.165) is 48.6 Å². The molecule has 5 nitrogen and oxygen atoms in total. The van der Waals surface area contributed by atoms with Gasteiger partial charge in [0.25, 0.3) is 0 Å². The van der Waals surface area contributed by atoms with Gasteiger partial charge in [-0.3, -0.25) is 0 Å². The number of aryl methyl sites for hydroxylation is 1. The Kier molecular flexibility index (Phi) is 4.60. The highest BCUT2D eigenvalue weighted by Gasteiger charge is 2.37. The van der Waals surface area contributed by atoms with Gasteiger partial charge in [0.15, 0.2) is 5.82 Å². The summed E-state index contributed by atoms with van der Waals surface area (Å²) < 4.78 is 5.83. The summed E-state index contributed by atoms with van der Waals surface area (Å²) in [6.07, 6.45) is 5.54. The van der Waals surface area contributed by atoms with Gasteiger partial charge in [-0.25, -0.2) is 15.8 Å². The smallest absolute Gasteiger partial charge is 0.162 e. The van der Waals surface area contributed by atoms with E-state index in [0.29, 0.717) is 5.92 Å². The Labute approximate surface area is 121 Å². The van der Waals surface area contributed by atoms with Crippen LogP contribution in [0.1, 0.15) is 69.0 Å². The summed E-state index contributed by atoms with van der Waals surface area (Å²) >= 11 is 0. The quantitative estimate of drug-likeness (QED) is 0.654. The molecular weight excluding hydrogens is 252 g/mol. The number of hydrazine groups is 1. The lowest BCUT2D eigenvalue weighted by atomic mass is 9.83. The molecule has 0 atom stereocenters. The van der Waals surface area contributed by atoms with E-state index in [2.05, 4.69) is 24.3 Å². The van der Waals surface area contributed by atoms with E-state index in [9.17, 15) is 0 Å². The van der Waals surface area contributed by atoms with Crippen LogP contribution >= 0.6 is 0 Å². The Bertz CT molecular complexity index is 467. The number of hydrogen-bond acceptors (Lipinski definition) is 5. The van der Waals surface area contributed by atoms with Gasteiger partial charge in [-0.1, -0.05) is 33.1 Å². The average molecular weight is 278 g/mol. The number of nitrogens with zero attached hydrogens (tertiary/aromatic N) is 2. The zero-order valence-corrected chi connectivity index (χ0v) is 13.0. The summed E-state index contributed by atoms with van der Waals surface area (Å²) in [5.41, 5.74) is 4.46. The fraction of sp³-hybridized carbons (Fsp3) is 0.733. The van der Waals surface area contributed by atoms with E-state index < -0.39 is 0 Å². The lowest BCUT2D eigenvalue weighted by Crippen LogP contribution is -2.34. The van der Waals surface area contributed by atoms with Crippen molar-refractivity contribution in [1.29, 1.82) is 0 Å². The average Bonchev–Trinajstić information content (AvgIpc) is 2.46. The SMILES string of the molecule is COC1(c2nc(C)c(C(C)C)c(NN)n2)CCCCC1. The van der Waals surface area contributed by atoms with Crippen LogP contribution < -0.4 is 11.3 Å². The van der Waals surface area contributed by atoms with Crippen LogP contribution in [0.5, 0.6) is 0 Å². The minimum atomic E-state index is -0.343. The van der Waals surface area contributed by atoms with Crippen LogP contribution in [-0.4, -0.2) is 17.1 Å². The Morgan fingerprint density at radius 2 is 1.85 bits per heavy atom. The summed E-state index contributed by atoms with van der Waals surface area (Å²) in [4.78, 5) is 9.41. The molecule has 0 aliphatic heterocycles. The summed E-state index contributed by atoms with van der Waals surface area (Å²) in [6.45, 7) is 6.27. The Morgan fingerprint density at radius 1 is 1.20 bits per heavy atom. The largest absolute Gasteiger partial charge is 0.370 e. The molecule has 1 aromatic rings. The van der Waals surface area contributed by atoms with Crippen LogP contribution in [0.4, 0.5) is 5.82 Å². The van der Waals surface area contributed by atoms with Crippen molar-refractivity contribution in [3.8, 4) is 0 Å². The number of ether oxygens (including phenoxy) is 1. The molecule has 1 fully saturated rings. The fourth-order valence-corrected chi connectivity index (χ4v) is 3.23. The molecule has 1 heterocycles. The van der Waals surface area contributed by atoms with Gasteiger partial charge < -0.3 is 10.2 Å². The maximum Gasteiger partial charge on any atom is 0.162 e. The van der Waals surface area contributed by atoms with Gasteiger partial charge in [0.1, 0.15) is 11.4 Å². The molecule has 3 N–H and O–H groups in total. The number of aromatic nitrogens is 2. The lowest BCUT2D eigenvalue weighted by Gasteiger charge is -2.35. The van der Waals surface area contributed by atoms with E-state index in [1.54, 1.807) is 7.11 Å². The monoisotopic (exact) mass is 278 g/mol. The molecule has 1 aliphatic carbocycles. The van der Waals surface area contributed by atoms with Crippen molar-refractivity contribution in [3.05, 3.63) is 17.1 Å². The number of nitrogens with two attached hydrogens (primary N) is 1. The first-order valence-corrected chi connectivity index (χ1v) is 7.45. The van der Waals surface area contributed by atoms with Crippen molar-refractivity contribution in [2.45, 2.75) is 64.4 Å². The van der Waals surface area contributed by atoms with Crippen LogP contribution in [0, 0.1) is 6.92 Å². The van der Waals surface area contributed by atoms with E-state index in [4.69, 9.17) is 15.6 Å². The van der Waals surface area contributed by atoms with Crippen LogP contribution in [0.3, 0.4) is 0 Å². The molecule has 1 aliphatic rings. The molecule has 1 aromatic heterocycles. The predicted molar refractivity (Wildman–Crippen MR) is 80.4 cm³/mol. The molecule has 0 aromatic carbocycles. The first kappa shape index (κ1) is 15.2. The molecule has 1 saturated carbocycles. The summed E-state index contributed by atoms with van der Waals surface area (Å²) in [5, 5.41) is 0. The highest BCUT2D eigenvalue weighted by atomic mass is 16.5. The summed E-state index contributed by atoms with van der Waals surface area (Å²) in [5.74, 6) is 7.49. The normalized spacial score (nSPS) is 18.3. The first-order valence-electron chi connectivity index (χ1n) is 7.45. The molecular formula is C15H26N4O. The molecule has 0 saturated heterocycles. The fourth-order valence-electron chi connectivity index (χ4n) is 3.23. The second-order valence-corrected chi connectivity index (χ2v) is 5.95. The lowest BCUT2D eigenvalue weighted by molar-refractivity contribution is -0.0515. The number of hydrogen-bond donors (Lipinski definition) is 2. The topological polar surface area (TPSA) is 73.1 Å². The molecule has 0 radical (unpaired) electrons. The minimum absolute atomic E-state index is 0.333. The first-order chi connectivity index (χ1) is 9.54. The number of nitrogens with one attached hydrogen (secondary N) is 1. The summed E-state index contributed by atoms with van der Waals surface area (Å²) in [6, 6.07) is 0. The molecule has 112 valence electrons. The highest BCUT2D eigenvalue weighted by molar-refractivity contribution is 5.47. The zero-order chi connectivity index (χ0) is 14.8. The van der Waals surface area contributed by atoms with E-state index in [1.807, 2.05) is 6.92 Å². The molecule has 2 rings (SSSR count). The van der Waals surface area contributed by atoms with Gasteiger partial charge in [-0.2, -0.15) is 0 Å². The Balaban J connectivity index is 2.49. The van der Waals surface area contributed by atoms with Gasteiger partial charge in [0, 0.05) is 18.4 Å². The third-order valence-corrected chi connectivity index (χ3v) is 4.31. The number of rotatable bonds is 4. The molecule has 0 spiro atoms. The van der Waals surface area contributed by atoms with Crippen molar-refractivity contribution >= 4 is 5.82 Å². The Hall–Kier alpha value is -1.20. The maximum absolute atomic E-state index is 5.83. The van der Waals surface area contributed by atoms with Gasteiger partial charge >= 0.3 is 0 Å². The van der Waals surface area contributed by atoms with Crippen LogP contribution in [0.2, 0.25) is 0 Å². The van der Waals surface area contributed by atoms with E-state index in [1.165, 1.54) is 6.42 Å². The van der Waals surface area contributed by atoms with Crippen molar-refractivity contribution in [1.82, 2.24) is 9.97 Å². The molecule has 0 amide bonds. The highest BCUT2D eigenvalue weighted by Crippen LogP contribution is 2.39. The second-order valence-electron chi connectivity index (χ2n) is 5.95. The molecule has 0 bridgehead atoms. The van der Waals surface area contributed by atoms with Crippen LogP contribution in [0.15, 0.2) is 0 Å². The maximum atomic E-state index is 5.83. The second kappa shape index (κ2) is 6.06. The zero-order valence-electron chi connectivity index (χ0n) is 13.0. The Morgan fingerprint density at radius 3 is 2.35 bits per heavy atom. The van der Waals surface area contributed by atoms with Gasteiger partial charge in [0.05, 0.1) is 0 Å². The van der Waals surface area contributed by atoms with Crippen LogP contribution in [-0.2, 0) is 10.3 Å². The standard InChI is InChI=1S/C15H26N4O/c1-10(2)12-11(3)17-14(18-13(12)19-16)15(20-4)8-6-5-7-9-15/h10H,5-9,16H2,1-4H3,(H,17,18,19). The number of nitrogen functional groups attached to an aromatic ring is 1. The van der Waals surface area contributed by atoms with Crippen molar-refractivity contribution in [2.75, 3.05) is 12.5 Å². The number of anilines is 1. The van der Waals surface area contributed by atoms with Crippen LogP contribution in [0.25, 0.3) is 0 Å². The van der Waals surface area contributed by atoms with E-state index in [-0.39, 0.29) is 5.60 Å². The van der Waals surface area contributed by atoms with Crippen molar-refractivity contribution in [3.63, 3.8) is 0 Å². The summed E-state index contributed by atoms with van der Waals surface area (Å²) in [7, 11) is 1.76.